The monoisotopic (exact) mass is 373 g/mol. The van der Waals surface area contributed by atoms with Crippen molar-refractivity contribution < 1.29 is 23.1 Å². The minimum Gasteiger partial charge on any atom is -0.480 e. The first kappa shape index (κ1) is 18.1. The molecule has 6 nitrogen and oxygen atoms in total. The lowest BCUT2D eigenvalue weighted by atomic mass is 10.1. The van der Waals surface area contributed by atoms with E-state index in [9.17, 15) is 23.1 Å². The molecule has 0 aromatic heterocycles. The van der Waals surface area contributed by atoms with Crippen molar-refractivity contribution in [3.8, 4) is 0 Å². The summed E-state index contributed by atoms with van der Waals surface area (Å²) in [5.41, 5.74) is 0.978. The van der Waals surface area contributed by atoms with Gasteiger partial charge in [-0.1, -0.05) is 30.3 Å². The van der Waals surface area contributed by atoms with Crippen molar-refractivity contribution in [2.45, 2.75) is 29.5 Å². The van der Waals surface area contributed by atoms with Crippen LogP contribution in [0.4, 0.5) is 0 Å². The van der Waals surface area contributed by atoms with E-state index in [0.29, 0.717) is 24.9 Å². The molecule has 0 radical (unpaired) electrons. The Morgan fingerprint density at radius 3 is 2.31 bits per heavy atom. The normalized spacial score (nSPS) is 17.2. The van der Waals surface area contributed by atoms with Crippen LogP contribution in [0.1, 0.15) is 28.8 Å². The van der Waals surface area contributed by atoms with Crippen molar-refractivity contribution in [1.29, 1.82) is 0 Å². The van der Waals surface area contributed by atoms with Crippen molar-refractivity contribution in [1.82, 2.24) is 4.90 Å². The van der Waals surface area contributed by atoms with E-state index in [4.69, 9.17) is 0 Å². The zero-order chi connectivity index (χ0) is 18.7. The van der Waals surface area contributed by atoms with Crippen LogP contribution in [0.2, 0.25) is 0 Å². The van der Waals surface area contributed by atoms with Crippen LogP contribution in [0.5, 0.6) is 0 Å². The Morgan fingerprint density at radius 1 is 1.04 bits per heavy atom. The van der Waals surface area contributed by atoms with E-state index in [1.54, 1.807) is 24.3 Å². The summed E-state index contributed by atoms with van der Waals surface area (Å²) in [6.07, 6.45) is 1.08. The van der Waals surface area contributed by atoms with Crippen molar-refractivity contribution >= 4 is 21.7 Å². The van der Waals surface area contributed by atoms with E-state index in [1.807, 2.05) is 6.07 Å². The van der Waals surface area contributed by atoms with Crippen LogP contribution in [0.25, 0.3) is 0 Å². The number of amides is 1. The van der Waals surface area contributed by atoms with Crippen LogP contribution >= 0.6 is 0 Å². The van der Waals surface area contributed by atoms with Crippen LogP contribution in [-0.4, -0.2) is 42.9 Å². The van der Waals surface area contributed by atoms with Crippen molar-refractivity contribution in [3.05, 3.63) is 65.7 Å². The molecule has 1 amide bonds. The average molecular weight is 373 g/mol. The number of carboxylic acid groups (broad SMARTS) is 1. The maximum Gasteiger partial charge on any atom is 0.326 e. The lowest BCUT2D eigenvalue weighted by Crippen LogP contribution is -2.40. The molecular weight excluding hydrogens is 354 g/mol. The molecule has 0 aliphatic carbocycles. The fraction of sp³-hybridized carbons (Fsp3) is 0.263. The van der Waals surface area contributed by atoms with Crippen LogP contribution in [-0.2, 0) is 20.4 Å². The fourth-order valence-corrected chi connectivity index (χ4v) is 4.46. The Hall–Kier alpha value is -2.67. The van der Waals surface area contributed by atoms with E-state index in [2.05, 4.69) is 0 Å². The van der Waals surface area contributed by atoms with Gasteiger partial charge in [0.15, 0.2) is 9.84 Å². The molecule has 26 heavy (non-hydrogen) atoms. The number of nitrogens with zero attached hydrogens (tertiary/aromatic N) is 1. The molecule has 1 heterocycles. The maximum absolute atomic E-state index is 12.5. The first-order chi connectivity index (χ1) is 12.4. The number of aliphatic carboxylic acids is 1. The van der Waals surface area contributed by atoms with Gasteiger partial charge in [-0.25, -0.2) is 13.2 Å². The molecule has 1 saturated heterocycles. The summed E-state index contributed by atoms with van der Waals surface area (Å²) in [5.74, 6) is -1.52. The maximum atomic E-state index is 12.5. The van der Waals surface area contributed by atoms with Gasteiger partial charge in [0.25, 0.3) is 5.91 Å². The van der Waals surface area contributed by atoms with E-state index in [1.165, 1.54) is 29.2 Å². The van der Waals surface area contributed by atoms with Gasteiger partial charge < -0.3 is 10.0 Å². The van der Waals surface area contributed by atoms with Gasteiger partial charge in [0.1, 0.15) is 6.04 Å². The molecule has 1 fully saturated rings. The quantitative estimate of drug-likeness (QED) is 0.869. The minimum atomic E-state index is -3.52. The Morgan fingerprint density at radius 2 is 1.69 bits per heavy atom. The number of likely N-dealkylation sites (tertiary alicyclic amines) is 1. The van der Waals surface area contributed by atoms with Gasteiger partial charge in [0.05, 0.1) is 10.6 Å². The predicted octanol–water partition coefficient (Wildman–Crippen LogP) is 2.35. The van der Waals surface area contributed by atoms with Crippen LogP contribution in [0.3, 0.4) is 0 Å². The van der Waals surface area contributed by atoms with Crippen molar-refractivity contribution in [2.75, 3.05) is 6.54 Å². The van der Waals surface area contributed by atoms with Gasteiger partial charge in [0.2, 0.25) is 0 Å². The second-order valence-corrected chi connectivity index (χ2v) is 8.25. The minimum absolute atomic E-state index is 0.117. The molecule has 2 aromatic rings. The lowest BCUT2D eigenvalue weighted by molar-refractivity contribution is -0.141. The highest BCUT2D eigenvalue weighted by molar-refractivity contribution is 7.90. The first-order valence-electron chi connectivity index (χ1n) is 8.29. The second-order valence-electron chi connectivity index (χ2n) is 6.26. The number of sulfone groups is 1. The second kappa shape index (κ2) is 7.29. The smallest absolute Gasteiger partial charge is 0.326 e. The van der Waals surface area contributed by atoms with Gasteiger partial charge >= 0.3 is 5.97 Å². The van der Waals surface area contributed by atoms with Gasteiger partial charge in [-0.05, 0) is 42.7 Å². The predicted molar refractivity (Wildman–Crippen MR) is 95.5 cm³/mol. The Labute approximate surface area is 152 Å². The molecule has 2 aromatic carbocycles. The molecule has 1 atom stereocenters. The molecule has 1 aliphatic heterocycles. The topological polar surface area (TPSA) is 91.8 Å². The molecule has 0 bridgehead atoms. The summed E-state index contributed by atoms with van der Waals surface area (Å²) < 4.78 is 25.0. The molecule has 136 valence electrons. The summed E-state index contributed by atoms with van der Waals surface area (Å²) in [7, 11) is -3.52. The largest absolute Gasteiger partial charge is 0.480 e. The van der Waals surface area contributed by atoms with Crippen molar-refractivity contribution in [3.63, 3.8) is 0 Å². The third-order valence-electron chi connectivity index (χ3n) is 4.46. The van der Waals surface area contributed by atoms with Gasteiger partial charge in [-0.3, -0.25) is 4.79 Å². The highest BCUT2D eigenvalue weighted by Crippen LogP contribution is 2.22. The summed E-state index contributed by atoms with van der Waals surface area (Å²) >= 11 is 0. The molecule has 0 saturated carbocycles. The lowest BCUT2D eigenvalue weighted by Gasteiger charge is -2.21. The molecule has 0 unspecified atom stereocenters. The van der Waals surface area contributed by atoms with Gasteiger partial charge in [-0.2, -0.15) is 0 Å². The van der Waals surface area contributed by atoms with E-state index in [0.717, 1.165) is 0 Å². The Balaban J connectivity index is 1.78. The van der Waals surface area contributed by atoms with Gasteiger partial charge in [0, 0.05) is 12.1 Å². The summed E-state index contributed by atoms with van der Waals surface area (Å²) in [6.45, 7) is 0.393. The summed E-state index contributed by atoms with van der Waals surface area (Å²) in [6, 6.07) is 13.7. The SMILES string of the molecule is O=C(O)[C@@H]1CCCN1C(=O)c1ccc(S(=O)(=O)Cc2ccccc2)cc1. The molecule has 1 aliphatic rings. The van der Waals surface area contributed by atoms with Gasteiger partial charge in [-0.15, -0.1) is 0 Å². The summed E-state index contributed by atoms with van der Waals surface area (Å²) in [4.78, 5) is 25.2. The number of hydrogen-bond donors (Lipinski definition) is 1. The molecule has 7 heteroatoms. The molecule has 1 N–H and O–H groups in total. The number of hydrogen-bond acceptors (Lipinski definition) is 4. The Kier molecular flexibility index (Phi) is 5.08. The highest BCUT2D eigenvalue weighted by atomic mass is 32.2. The number of benzene rings is 2. The standard InChI is InChI=1S/C19H19NO5S/c21-18(20-12-4-7-17(20)19(22)23)15-8-10-16(11-9-15)26(24,25)13-14-5-2-1-3-6-14/h1-3,5-6,8-11,17H,4,7,12-13H2,(H,22,23)/t17-/m0/s1. The van der Waals surface area contributed by atoms with E-state index >= 15 is 0 Å². The van der Waals surface area contributed by atoms with E-state index < -0.39 is 21.8 Å². The van der Waals surface area contributed by atoms with Crippen LogP contribution in [0.15, 0.2) is 59.5 Å². The van der Waals surface area contributed by atoms with E-state index in [-0.39, 0.29) is 22.1 Å². The van der Waals surface area contributed by atoms with Crippen LogP contribution < -0.4 is 0 Å². The highest BCUT2D eigenvalue weighted by Gasteiger charge is 2.34. The third kappa shape index (κ3) is 3.77. The number of carboxylic acids is 1. The zero-order valence-corrected chi connectivity index (χ0v) is 14.9. The fourth-order valence-electron chi connectivity index (χ4n) is 3.11. The number of rotatable bonds is 5. The molecular formula is C19H19NO5S. The van der Waals surface area contributed by atoms with Crippen LogP contribution in [0, 0.1) is 0 Å². The summed E-state index contributed by atoms with van der Waals surface area (Å²) in [5, 5.41) is 9.20. The number of carbonyl (C=O) groups excluding carboxylic acids is 1. The third-order valence-corrected chi connectivity index (χ3v) is 6.16. The number of carbonyl (C=O) groups is 2. The molecule has 0 spiro atoms. The Bertz CT molecular complexity index is 907. The average Bonchev–Trinajstić information content (AvgIpc) is 3.12. The first-order valence-corrected chi connectivity index (χ1v) is 9.94. The van der Waals surface area contributed by atoms with Crippen molar-refractivity contribution in [2.24, 2.45) is 0 Å². The molecule has 3 rings (SSSR count). The zero-order valence-electron chi connectivity index (χ0n) is 14.0.